The molecule has 0 spiro atoms. The predicted octanol–water partition coefficient (Wildman–Crippen LogP) is 2.17. The summed E-state index contributed by atoms with van der Waals surface area (Å²) in [4.78, 5) is 28.6. The molecular weight excluding hydrogens is 318 g/mol. The van der Waals surface area contributed by atoms with Crippen molar-refractivity contribution in [1.29, 1.82) is 0 Å². The van der Waals surface area contributed by atoms with Crippen molar-refractivity contribution in [3.63, 3.8) is 0 Å². The second-order valence-electron chi connectivity index (χ2n) is 6.08. The van der Waals surface area contributed by atoms with Gasteiger partial charge in [0.2, 0.25) is 0 Å². The highest BCUT2D eigenvalue weighted by molar-refractivity contribution is 5.94. The van der Waals surface area contributed by atoms with Crippen LogP contribution in [0.1, 0.15) is 28.9 Å². The van der Waals surface area contributed by atoms with Crippen molar-refractivity contribution in [3.05, 3.63) is 76.3 Å². The van der Waals surface area contributed by atoms with E-state index in [0.717, 1.165) is 12.8 Å². The number of aromatic nitrogens is 2. The molecule has 1 N–H and O–H groups in total. The monoisotopic (exact) mass is 335 g/mol. The van der Waals surface area contributed by atoms with E-state index in [0.29, 0.717) is 28.7 Å². The van der Waals surface area contributed by atoms with E-state index in [1.165, 1.54) is 10.5 Å². The third kappa shape index (κ3) is 3.52. The molecule has 2 heterocycles. The Bertz CT molecular complexity index is 992. The minimum Gasteiger partial charge on any atom is -0.487 e. The number of nitrogens with zero attached hydrogens (tertiary/aromatic N) is 2. The van der Waals surface area contributed by atoms with Crippen LogP contribution in [-0.4, -0.2) is 21.3 Å². The fourth-order valence-corrected chi connectivity index (χ4v) is 2.56. The van der Waals surface area contributed by atoms with Crippen molar-refractivity contribution >= 4 is 11.6 Å². The third-order valence-corrected chi connectivity index (χ3v) is 4.02. The van der Waals surface area contributed by atoms with Crippen molar-refractivity contribution < 1.29 is 9.53 Å². The topological polar surface area (TPSA) is 72.7 Å². The van der Waals surface area contributed by atoms with Crippen LogP contribution in [0.25, 0.3) is 5.65 Å². The van der Waals surface area contributed by atoms with Gasteiger partial charge in [0.25, 0.3) is 11.5 Å². The van der Waals surface area contributed by atoms with Gasteiger partial charge in [-0.3, -0.25) is 14.0 Å². The van der Waals surface area contributed by atoms with Gasteiger partial charge in [-0.05, 0) is 43.2 Å². The van der Waals surface area contributed by atoms with Crippen LogP contribution >= 0.6 is 0 Å². The number of amides is 1. The van der Waals surface area contributed by atoms with Gasteiger partial charge in [0.1, 0.15) is 18.0 Å². The average molecular weight is 335 g/mol. The second kappa shape index (κ2) is 6.39. The highest BCUT2D eigenvalue weighted by Gasteiger charge is 2.23. The molecule has 1 aromatic carbocycles. The lowest BCUT2D eigenvalue weighted by Crippen LogP contribution is -2.25. The van der Waals surface area contributed by atoms with Gasteiger partial charge in [0.15, 0.2) is 0 Å². The van der Waals surface area contributed by atoms with E-state index in [-0.39, 0.29) is 18.1 Å². The first-order chi connectivity index (χ1) is 12.2. The molecule has 0 aliphatic heterocycles. The SMILES string of the molecule is O=C(NC1CC1)c1cccc(OCc2cc(=O)n3ccccc3n2)c1. The normalized spacial score (nSPS) is 13.6. The van der Waals surface area contributed by atoms with Crippen molar-refractivity contribution in [2.75, 3.05) is 0 Å². The molecule has 1 aliphatic carbocycles. The van der Waals surface area contributed by atoms with E-state index in [9.17, 15) is 9.59 Å². The molecule has 1 amide bonds. The number of ether oxygens (including phenoxy) is 1. The molecule has 25 heavy (non-hydrogen) atoms. The highest BCUT2D eigenvalue weighted by Crippen LogP contribution is 2.20. The predicted molar refractivity (Wildman–Crippen MR) is 92.7 cm³/mol. The molecule has 2 aromatic heterocycles. The van der Waals surface area contributed by atoms with Crippen molar-refractivity contribution in [3.8, 4) is 5.75 Å². The highest BCUT2D eigenvalue weighted by atomic mass is 16.5. The number of carbonyl (C=O) groups is 1. The van der Waals surface area contributed by atoms with Crippen LogP contribution in [0.4, 0.5) is 0 Å². The van der Waals surface area contributed by atoms with E-state index in [1.54, 1.807) is 42.6 Å². The molecule has 0 saturated heterocycles. The van der Waals surface area contributed by atoms with Gasteiger partial charge >= 0.3 is 0 Å². The van der Waals surface area contributed by atoms with Crippen molar-refractivity contribution in [2.45, 2.75) is 25.5 Å². The van der Waals surface area contributed by atoms with Crippen LogP contribution in [0.15, 0.2) is 59.5 Å². The molecule has 126 valence electrons. The molecule has 4 rings (SSSR count). The fourth-order valence-electron chi connectivity index (χ4n) is 2.56. The molecule has 0 radical (unpaired) electrons. The summed E-state index contributed by atoms with van der Waals surface area (Å²) in [5, 5.41) is 2.95. The minimum absolute atomic E-state index is 0.0879. The quantitative estimate of drug-likeness (QED) is 0.775. The van der Waals surface area contributed by atoms with Crippen LogP contribution in [-0.2, 0) is 6.61 Å². The first-order valence-electron chi connectivity index (χ1n) is 8.20. The maximum atomic E-state index is 12.1. The Labute approximate surface area is 144 Å². The summed E-state index contributed by atoms with van der Waals surface area (Å²) in [5.41, 5.74) is 1.54. The van der Waals surface area contributed by atoms with Gasteiger partial charge in [-0.1, -0.05) is 12.1 Å². The lowest BCUT2D eigenvalue weighted by atomic mass is 10.2. The summed E-state index contributed by atoms with van der Waals surface area (Å²) in [5.74, 6) is 0.480. The van der Waals surface area contributed by atoms with Crippen LogP contribution < -0.4 is 15.6 Å². The van der Waals surface area contributed by atoms with Gasteiger partial charge in [0.05, 0.1) is 5.69 Å². The van der Waals surface area contributed by atoms with E-state index in [2.05, 4.69) is 10.3 Å². The lowest BCUT2D eigenvalue weighted by molar-refractivity contribution is 0.0950. The number of hydrogen-bond donors (Lipinski definition) is 1. The van der Waals surface area contributed by atoms with E-state index >= 15 is 0 Å². The Morgan fingerprint density at radius 3 is 2.92 bits per heavy atom. The Kier molecular flexibility index (Phi) is 3.93. The van der Waals surface area contributed by atoms with Gasteiger partial charge in [-0.25, -0.2) is 4.98 Å². The van der Waals surface area contributed by atoms with Gasteiger partial charge < -0.3 is 10.1 Å². The zero-order valence-electron chi connectivity index (χ0n) is 13.5. The van der Waals surface area contributed by atoms with Gasteiger partial charge in [-0.15, -0.1) is 0 Å². The Morgan fingerprint density at radius 1 is 1.20 bits per heavy atom. The summed E-state index contributed by atoms with van der Waals surface area (Å²) in [6.07, 6.45) is 3.77. The molecule has 0 atom stereocenters. The van der Waals surface area contributed by atoms with Crippen LogP contribution in [0.5, 0.6) is 5.75 Å². The van der Waals surface area contributed by atoms with Crippen LogP contribution in [0, 0.1) is 0 Å². The smallest absolute Gasteiger partial charge is 0.258 e. The molecule has 6 nitrogen and oxygen atoms in total. The minimum atomic E-state index is -0.151. The molecular formula is C19H17N3O3. The first-order valence-corrected chi connectivity index (χ1v) is 8.20. The zero-order chi connectivity index (χ0) is 17.2. The summed E-state index contributed by atoms with van der Waals surface area (Å²) >= 11 is 0. The second-order valence-corrected chi connectivity index (χ2v) is 6.08. The van der Waals surface area contributed by atoms with Gasteiger partial charge in [0, 0.05) is 23.9 Å². The number of pyridine rings is 1. The largest absolute Gasteiger partial charge is 0.487 e. The number of carbonyl (C=O) groups excluding carboxylic acids is 1. The van der Waals surface area contributed by atoms with Gasteiger partial charge in [-0.2, -0.15) is 0 Å². The summed E-state index contributed by atoms with van der Waals surface area (Å²) in [6.45, 7) is 0.161. The Hall–Kier alpha value is -3.15. The van der Waals surface area contributed by atoms with Crippen molar-refractivity contribution in [2.24, 2.45) is 0 Å². The van der Waals surface area contributed by atoms with Crippen LogP contribution in [0.3, 0.4) is 0 Å². The summed E-state index contributed by atoms with van der Waals surface area (Å²) in [7, 11) is 0. The van der Waals surface area contributed by atoms with Crippen molar-refractivity contribution in [1.82, 2.24) is 14.7 Å². The number of fused-ring (bicyclic) bond motifs is 1. The molecule has 0 unspecified atom stereocenters. The number of benzene rings is 1. The summed E-state index contributed by atoms with van der Waals surface area (Å²) in [6, 6.07) is 14.2. The summed E-state index contributed by atoms with van der Waals surface area (Å²) < 4.78 is 7.20. The number of rotatable bonds is 5. The average Bonchev–Trinajstić information content (AvgIpc) is 3.44. The standard InChI is InChI=1S/C19H17N3O3/c23-18-11-15(20-17-6-1-2-9-22(17)18)12-25-16-5-3-4-13(10-16)19(24)21-14-7-8-14/h1-6,9-11,14H,7-8,12H2,(H,21,24). The number of hydrogen-bond acceptors (Lipinski definition) is 4. The lowest BCUT2D eigenvalue weighted by Gasteiger charge is -2.09. The maximum absolute atomic E-state index is 12.1. The van der Waals surface area contributed by atoms with E-state index < -0.39 is 0 Å². The number of nitrogens with one attached hydrogen (secondary N) is 1. The molecule has 1 fully saturated rings. The maximum Gasteiger partial charge on any atom is 0.258 e. The molecule has 3 aromatic rings. The van der Waals surface area contributed by atoms with E-state index in [1.807, 2.05) is 6.07 Å². The molecule has 1 saturated carbocycles. The molecule has 1 aliphatic rings. The molecule has 6 heteroatoms. The molecule has 0 bridgehead atoms. The fraction of sp³-hybridized carbons (Fsp3) is 0.211. The van der Waals surface area contributed by atoms with E-state index in [4.69, 9.17) is 4.74 Å². The first kappa shape index (κ1) is 15.4. The third-order valence-electron chi connectivity index (χ3n) is 4.02. The van der Waals surface area contributed by atoms with Crippen LogP contribution in [0.2, 0.25) is 0 Å². The Balaban J connectivity index is 1.49. The Morgan fingerprint density at radius 2 is 2.08 bits per heavy atom. The zero-order valence-corrected chi connectivity index (χ0v) is 13.5.